The van der Waals surface area contributed by atoms with Gasteiger partial charge in [-0.25, -0.2) is 14.4 Å². The molecule has 0 atom stereocenters. The van der Waals surface area contributed by atoms with E-state index >= 15 is 0 Å². The van der Waals surface area contributed by atoms with Crippen LogP contribution < -0.4 is 9.80 Å². The molecule has 2 aliphatic rings. The molecule has 0 radical (unpaired) electrons. The van der Waals surface area contributed by atoms with Crippen molar-refractivity contribution >= 4 is 29.1 Å². The molecule has 2 aliphatic heterocycles. The number of aryl methyl sites for hydroxylation is 2. The summed E-state index contributed by atoms with van der Waals surface area (Å²) in [6, 6.07) is 13.1. The molecule has 3 aromatic rings. The molecule has 2 fully saturated rings. The van der Waals surface area contributed by atoms with Crippen molar-refractivity contribution in [3.63, 3.8) is 0 Å². The fourth-order valence-electron chi connectivity index (χ4n) is 5.00. The zero-order valence-corrected chi connectivity index (χ0v) is 22.1. The molecule has 9 heteroatoms. The second-order valence-corrected chi connectivity index (χ2v) is 10.1. The van der Waals surface area contributed by atoms with Gasteiger partial charge in [0.15, 0.2) is 0 Å². The largest absolute Gasteiger partial charge is 0.353 e. The Balaban J connectivity index is 1.18. The van der Waals surface area contributed by atoms with Crippen LogP contribution in [0.25, 0.3) is 0 Å². The topological polar surface area (TPSA) is 55.8 Å². The molecule has 5 rings (SSSR count). The number of nitrogens with zero attached hydrogens (tertiary/aromatic N) is 6. The van der Waals surface area contributed by atoms with Crippen LogP contribution in [0.2, 0.25) is 5.02 Å². The van der Waals surface area contributed by atoms with E-state index in [2.05, 4.69) is 36.8 Å². The van der Waals surface area contributed by atoms with Crippen molar-refractivity contribution in [3.05, 3.63) is 81.9 Å². The van der Waals surface area contributed by atoms with E-state index < -0.39 is 0 Å². The van der Waals surface area contributed by atoms with Crippen LogP contribution in [0.3, 0.4) is 0 Å². The summed E-state index contributed by atoms with van der Waals surface area (Å²) in [6.45, 7) is 10.6. The highest BCUT2D eigenvalue weighted by Gasteiger charge is 2.25. The fourth-order valence-corrected chi connectivity index (χ4v) is 5.24. The Bertz CT molecular complexity index is 1270. The third kappa shape index (κ3) is 5.70. The Morgan fingerprint density at radius 1 is 0.946 bits per heavy atom. The summed E-state index contributed by atoms with van der Waals surface area (Å²) in [5.74, 6) is 1.37. The minimum atomic E-state index is -0.299. The Morgan fingerprint density at radius 3 is 2.38 bits per heavy atom. The molecule has 194 valence electrons. The van der Waals surface area contributed by atoms with E-state index in [1.807, 2.05) is 30.0 Å². The summed E-state index contributed by atoms with van der Waals surface area (Å²) in [5.41, 5.74) is 3.29. The SMILES string of the molecule is Cc1ccc(CN2CCN(c3ncccc3Cl)CC2)cc1C(=O)N1CCN(c2ccc(F)c(C)n2)CC1. The first-order chi connectivity index (χ1) is 17.9. The number of amides is 1. The smallest absolute Gasteiger partial charge is 0.254 e. The number of piperazine rings is 2. The highest BCUT2D eigenvalue weighted by Crippen LogP contribution is 2.24. The number of hydrogen-bond acceptors (Lipinski definition) is 6. The standard InChI is InChI=1S/C28H32ClFN6O/c1-20-5-6-22(19-33-10-12-35(13-11-33)27-24(29)4-3-9-31-27)18-23(20)28(37)36-16-14-34(15-17-36)26-8-7-25(30)21(2)32-26/h3-9,18H,10-17,19H2,1-2H3. The number of pyridine rings is 2. The van der Waals surface area contributed by atoms with Gasteiger partial charge in [-0.05, 0) is 55.3 Å². The van der Waals surface area contributed by atoms with Crippen LogP contribution in [0.4, 0.5) is 16.0 Å². The number of aromatic nitrogens is 2. The first-order valence-electron chi connectivity index (χ1n) is 12.7. The molecule has 0 spiro atoms. The van der Waals surface area contributed by atoms with E-state index in [1.54, 1.807) is 19.2 Å². The third-order valence-electron chi connectivity index (χ3n) is 7.25. The number of hydrogen-bond donors (Lipinski definition) is 0. The van der Waals surface area contributed by atoms with Crippen LogP contribution in [-0.4, -0.2) is 78.0 Å². The lowest BCUT2D eigenvalue weighted by atomic mass is 10.0. The minimum Gasteiger partial charge on any atom is -0.353 e. The summed E-state index contributed by atoms with van der Waals surface area (Å²) in [4.78, 5) is 30.9. The van der Waals surface area contributed by atoms with E-state index in [0.29, 0.717) is 36.9 Å². The number of benzene rings is 1. The zero-order valence-electron chi connectivity index (χ0n) is 21.3. The fraction of sp³-hybridized carbons (Fsp3) is 0.393. The predicted molar refractivity (Wildman–Crippen MR) is 145 cm³/mol. The van der Waals surface area contributed by atoms with Crippen LogP contribution in [0.1, 0.15) is 27.2 Å². The molecular formula is C28H32ClFN6O. The van der Waals surface area contributed by atoms with Gasteiger partial charge in [0.25, 0.3) is 5.91 Å². The molecule has 1 amide bonds. The molecule has 7 nitrogen and oxygen atoms in total. The first-order valence-corrected chi connectivity index (χ1v) is 13.1. The number of carbonyl (C=O) groups is 1. The summed E-state index contributed by atoms with van der Waals surface area (Å²) in [6.07, 6.45) is 1.78. The summed E-state index contributed by atoms with van der Waals surface area (Å²) < 4.78 is 13.6. The van der Waals surface area contributed by atoms with Crippen LogP contribution in [-0.2, 0) is 6.54 Å². The van der Waals surface area contributed by atoms with E-state index in [1.165, 1.54) is 6.07 Å². The maximum absolute atomic E-state index is 13.6. The lowest BCUT2D eigenvalue weighted by molar-refractivity contribution is 0.0745. The number of halogens is 2. The minimum absolute atomic E-state index is 0.0665. The Kier molecular flexibility index (Phi) is 7.58. The van der Waals surface area contributed by atoms with Crippen LogP contribution >= 0.6 is 11.6 Å². The summed E-state index contributed by atoms with van der Waals surface area (Å²) in [7, 11) is 0. The van der Waals surface area contributed by atoms with Crippen molar-refractivity contribution in [3.8, 4) is 0 Å². The molecule has 2 aromatic heterocycles. The monoisotopic (exact) mass is 522 g/mol. The van der Waals surface area contributed by atoms with Crippen LogP contribution in [0, 0.1) is 19.7 Å². The van der Waals surface area contributed by atoms with E-state index in [0.717, 1.165) is 61.0 Å². The van der Waals surface area contributed by atoms with Crippen molar-refractivity contribution in [1.29, 1.82) is 0 Å². The quantitative estimate of drug-likeness (QED) is 0.501. The van der Waals surface area contributed by atoms with Crippen molar-refractivity contribution in [2.24, 2.45) is 0 Å². The first kappa shape index (κ1) is 25.4. The molecule has 4 heterocycles. The van der Waals surface area contributed by atoms with Gasteiger partial charge < -0.3 is 14.7 Å². The Hall–Kier alpha value is -3.23. The van der Waals surface area contributed by atoms with Crippen LogP contribution in [0.15, 0.2) is 48.7 Å². The molecule has 2 saturated heterocycles. The van der Waals surface area contributed by atoms with Gasteiger partial charge >= 0.3 is 0 Å². The number of carbonyl (C=O) groups excluding carboxylic acids is 1. The average Bonchev–Trinajstić information content (AvgIpc) is 2.92. The third-order valence-corrected chi connectivity index (χ3v) is 7.54. The van der Waals surface area contributed by atoms with Gasteiger partial charge in [0.2, 0.25) is 0 Å². The predicted octanol–water partition coefficient (Wildman–Crippen LogP) is 4.17. The van der Waals surface area contributed by atoms with Gasteiger partial charge in [0.05, 0.1) is 10.7 Å². The van der Waals surface area contributed by atoms with Gasteiger partial charge in [-0.1, -0.05) is 23.7 Å². The van der Waals surface area contributed by atoms with Crippen LogP contribution in [0.5, 0.6) is 0 Å². The van der Waals surface area contributed by atoms with E-state index in [4.69, 9.17) is 11.6 Å². The molecule has 0 N–H and O–H groups in total. The second kappa shape index (κ2) is 11.0. The average molecular weight is 523 g/mol. The van der Waals surface area contributed by atoms with Crippen molar-refractivity contribution in [1.82, 2.24) is 19.8 Å². The molecule has 0 saturated carbocycles. The summed E-state index contributed by atoms with van der Waals surface area (Å²) in [5, 5.41) is 0.683. The highest BCUT2D eigenvalue weighted by molar-refractivity contribution is 6.32. The molecule has 0 unspecified atom stereocenters. The molecular weight excluding hydrogens is 491 g/mol. The molecule has 37 heavy (non-hydrogen) atoms. The second-order valence-electron chi connectivity index (χ2n) is 9.74. The van der Waals surface area contributed by atoms with Gasteiger partial charge in [0, 0.05) is 70.7 Å². The highest BCUT2D eigenvalue weighted by atomic mass is 35.5. The van der Waals surface area contributed by atoms with Gasteiger partial charge in [-0.15, -0.1) is 0 Å². The van der Waals surface area contributed by atoms with Crippen molar-refractivity contribution in [2.45, 2.75) is 20.4 Å². The maximum atomic E-state index is 13.6. The Labute approximate surface area is 222 Å². The number of rotatable bonds is 5. The van der Waals surface area contributed by atoms with E-state index in [-0.39, 0.29) is 11.7 Å². The normalized spacial score (nSPS) is 16.8. The van der Waals surface area contributed by atoms with E-state index in [9.17, 15) is 9.18 Å². The molecule has 0 bridgehead atoms. The summed E-state index contributed by atoms with van der Waals surface area (Å²) >= 11 is 6.33. The van der Waals surface area contributed by atoms with Gasteiger partial charge in [-0.2, -0.15) is 0 Å². The van der Waals surface area contributed by atoms with Gasteiger partial charge in [0.1, 0.15) is 17.5 Å². The maximum Gasteiger partial charge on any atom is 0.254 e. The lowest BCUT2D eigenvalue weighted by Crippen LogP contribution is -2.49. The van der Waals surface area contributed by atoms with Crippen molar-refractivity contribution < 1.29 is 9.18 Å². The van der Waals surface area contributed by atoms with Crippen molar-refractivity contribution in [2.75, 3.05) is 62.2 Å². The Morgan fingerprint density at radius 2 is 1.68 bits per heavy atom. The number of anilines is 2. The molecule has 0 aliphatic carbocycles. The molecule has 1 aromatic carbocycles. The lowest BCUT2D eigenvalue weighted by Gasteiger charge is -2.36. The van der Waals surface area contributed by atoms with Gasteiger partial charge in [-0.3, -0.25) is 9.69 Å². The zero-order chi connectivity index (χ0) is 25.9.